The molecule has 0 saturated heterocycles. The van der Waals surface area contributed by atoms with Gasteiger partial charge in [-0.3, -0.25) is 0 Å². The van der Waals surface area contributed by atoms with Crippen molar-refractivity contribution in [3.8, 4) is 17.3 Å². The average molecular weight is 382 g/mol. The molecule has 0 spiro atoms. The number of aliphatic hydroxyl groups is 1. The Morgan fingerprint density at radius 2 is 2.11 bits per heavy atom. The molecule has 28 heavy (non-hydrogen) atoms. The predicted octanol–water partition coefficient (Wildman–Crippen LogP) is 3.22. The van der Waals surface area contributed by atoms with E-state index in [2.05, 4.69) is 15.0 Å². The van der Waals surface area contributed by atoms with Crippen LogP contribution in [-0.4, -0.2) is 44.1 Å². The molecular formula is C21H26N4O3. The van der Waals surface area contributed by atoms with Crippen LogP contribution in [0, 0.1) is 0 Å². The van der Waals surface area contributed by atoms with E-state index in [0.29, 0.717) is 18.5 Å². The molecule has 0 aromatic heterocycles. The summed E-state index contributed by atoms with van der Waals surface area (Å²) in [5.41, 5.74) is 1.81. The minimum atomic E-state index is -0.0996. The molecule has 0 amide bonds. The predicted molar refractivity (Wildman–Crippen MR) is 104 cm³/mol. The van der Waals surface area contributed by atoms with Crippen molar-refractivity contribution in [2.75, 3.05) is 13.4 Å². The van der Waals surface area contributed by atoms with Gasteiger partial charge < -0.3 is 19.1 Å². The maximum atomic E-state index is 9.36. The second-order valence-corrected chi connectivity index (χ2v) is 7.38. The number of ether oxygens (including phenoxy) is 2. The molecule has 1 aromatic carbocycles. The van der Waals surface area contributed by atoms with Crippen LogP contribution >= 0.6 is 0 Å². The van der Waals surface area contributed by atoms with Crippen molar-refractivity contribution in [3.05, 3.63) is 48.2 Å². The third kappa shape index (κ3) is 4.31. The molecular weight excluding hydrogens is 356 g/mol. The van der Waals surface area contributed by atoms with Gasteiger partial charge in [0.05, 0.1) is 31.8 Å². The molecule has 148 valence electrons. The van der Waals surface area contributed by atoms with Crippen molar-refractivity contribution in [1.82, 2.24) is 19.5 Å². The van der Waals surface area contributed by atoms with Crippen LogP contribution in [0.5, 0.6) is 5.75 Å². The number of nitrogens with zero attached hydrogens (tertiary/aromatic N) is 4. The van der Waals surface area contributed by atoms with Crippen molar-refractivity contribution in [2.24, 2.45) is 0 Å². The van der Waals surface area contributed by atoms with E-state index in [1.54, 1.807) is 12.5 Å². The van der Waals surface area contributed by atoms with E-state index in [9.17, 15) is 5.11 Å². The number of aromatic nitrogens is 4. The largest absolute Gasteiger partial charge is 0.468 e. The van der Waals surface area contributed by atoms with Gasteiger partial charge in [0.1, 0.15) is 17.3 Å². The molecule has 1 aromatic rings. The van der Waals surface area contributed by atoms with Gasteiger partial charge in [0, 0.05) is 5.92 Å². The zero-order chi connectivity index (χ0) is 19.3. The van der Waals surface area contributed by atoms with Gasteiger partial charge in [0.2, 0.25) is 0 Å². The lowest BCUT2D eigenvalue weighted by Gasteiger charge is -2.13. The molecule has 1 unspecified atom stereocenters. The van der Waals surface area contributed by atoms with Crippen LogP contribution in [0.15, 0.2) is 36.8 Å². The summed E-state index contributed by atoms with van der Waals surface area (Å²) < 4.78 is 13.5. The van der Waals surface area contributed by atoms with Gasteiger partial charge in [-0.05, 0) is 30.5 Å². The number of aliphatic hydroxyl groups excluding tert-OH is 1. The van der Waals surface area contributed by atoms with Crippen LogP contribution in [0.2, 0.25) is 0 Å². The summed E-state index contributed by atoms with van der Waals surface area (Å²) in [4.78, 5) is 13.4. The first-order valence-electron chi connectivity index (χ1n) is 9.85. The summed E-state index contributed by atoms with van der Waals surface area (Å²) in [6.07, 6.45) is 8.56. The summed E-state index contributed by atoms with van der Waals surface area (Å²) in [5.74, 6) is 2.10. The Morgan fingerprint density at radius 3 is 2.93 bits per heavy atom. The first-order valence-corrected chi connectivity index (χ1v) is 9.85. The van der Waals surface area contributed by atoms with Gasteiger partial charge in [-0.25, -0.2) is 15.0 Å². The Bertz CT molecular complexity index is 876. The van der Waals surface area contributed by atoms with Crippen LogP contribution in [0.25, 0.3) is 11.5 Å². The molecule has 4 rings (SSSR count). The van der Waals surface area contributed by atoms with Gasteiger partial charge in [0.15, 0.2) is 12.6 Å². The van der Waals surface area contributed by atoms with E-state index in [1.807, 2.05) is 35.8 Å². The molecule has 0 radical (unpaired) electrons. The Balaban J connectivity index is 1.44. The molecule has 7 heteroatoms. The second-order valence-electron chi connectivity index (χ2n) is 7.38. The van der Waals surface area contributed by atoms with E-state index in [1.165, 1.54) is 12.8 Å². The van der Waals surface area contributed by atoms with Crippen molar-refractivity contribution >= 4 is 0 Å². The van der Waals surface area contributed by atoms with Crippen molar-refractivity contribution in [1.29, 1.82) is 0 Å². The molecule has 1 aliphatic carbocycles. The number of rotatable bonds is 8. The van der Waals surface area contributed by atoms with Crippen molar-refractivity contribution in [3.63, 3.8) is 0 Å². The van der Waals surface area contributed by atoms with Gasteiger partial charge in [0.25, 0.3) is 0 Å². The van der Waals surface area contributed by atoms with E-state index in [0.717, 1.165) is 35.7 Å². The lowest BCUT2D eigenvalue weighted by Crippen LogP contribution is -2.12. The van der Waals surface area contributed by atoms with E-state index < -0.39 is 0 Å². The Hall–Kier alpha value is -2.51. The number of hydrogen-bond acceptors (Lipinski definition) is 6. The zero-order valence-corrected chi connectivity index (χ0v) is 16.1. The molecule has 1 atom stereocenters. The van der Waals surface area contributed by atoms with E-state index >= 15 is 0 Å². The fourth-order valence-electron chi connectivity index (χ4n) is 3.50. The Labute approximate surface area is 164 Å². The third-order valence-corrected chi connectivity index (χ3v) is 5.16. The molecule has 3 aliphatic rings. The molecule has 1 saturated carbocycles. The SMILES string of the molecule is CC(CO)c1nc2cncn(Cc3cccc(OCOC4CCCC4)c3)c-2n1. The lowest BCUT2D eigenvalue weighted by molar-refractivity contribution is -0.0325. The monoisotopic (exact) mass is 382 g/mol. The maximum absolute atomic E-state index is 9.36. The minimum absolute atomic E-state index is 0.0199. The van der Waals surface area contributed by atoms with Crippen LogP contribution in [0.3, 0.4) is 0 Å². The highest BCUT2D eigenvalue weighted by Crippen LogP contribution is 2.24. The van der Waals surface area contributed by atoms with Gasteiger partial charge in [-0.2, -0.15) is 0 Å². The van der Waals surface area contributed by atoms with Crippen LogP contribution in [0.4, 0.5) is 0 Å². The van der Waals surface area contributed by atoms with Crippen LogP contribution in [0.1, 0.15) is 49.9 Å². The minimum Gasteiger partial charge on any atom is -0.468 e. The fourth-order valence-corrected chi connectivity index (χ4v) is 3.50. The molecule has 2 heterocycles. The number of hydrogen-bond donors (Lipinski definition) is 1. The van der Waals surface area contributed by atoms with Crippen molar-refractivity contribution < 1.29 is 14.6 Å². The van der Waals surface area contributed by atoms with Crippen LogP contribution in [-0.2, 0) is 11.3 Å². The number of fused-ring (bicyclic) bond motifs is 1. The molecule has 7 nitrogen and oxygen atoms in total. The van der Waals surface area contributed by atoms with Crippen molar-refractivity contribution in [2.45, 2.75) is 51.2 Å². The molecule has 1 fully saturated rings. The summed E-state index contributed by atoms with van der Waals surface area (Å²) in [6, 6.07) is 7.97. The second kappa shape index (κ2) is 8.67. The standard InChI is InChI=1S/C21H26N4O3/c1-15(12-26)20-23-19-10-22-13-25(21(19)24-20)11-16-5-4-8-18(9-16)28-14-27-17-6-2-3-7-17/h4-5,8-10,13,15,17,26H,2-3,6-7,11-12,14H2,1H3. The third-order valence-electron chi connectivity index (χ3n) is 5.16. The highest BCUT2D eigenvalue weighted by Gasteiger charge is 2.18. The molecule has 0 bridgehead atoms. The summed E-state index contributed by atoms with van der Waals surface area (Å²) in [5, 5.41) is 9.36. The van der Waals surface area contributed by atoms with Gasteiger partial charge in [-0.1, -0.05) is 31.9 Å². The first kappa shape index (κ1) is 18.8. The number of imidazole rings is 1. The molecule has 2 aliphatic heterocycles. The summed E-state index contributed by atoms with van der Waals surface area (Å²) in [6.45, 7) is 2.82. The Morgan fingerprint density at radius 1 is 1.25 bits per heavy atom. The van der Waals surface area contributed by atoms with Gasteiger partial charge >= 0.3 is 0 Å². The maximum Gasteiger partial charge on any atom is 0.189 e. The normalized spacial score (nSPS) is 15.9. The van der Waals surface area contributed by atoms with E-state index in [-0.39, 0.29) is 19.3 Å². The van der Waals surface area contributed by atoms with Gasteiger partial charge in [-0.15, -0.1) is 0 Å². The van der Waals surface area contributed by atoms with E-state index in [4.69, 9.17) is 9.47 Å². The highest BCUT2D eigenvalue weighted by atomic mass is 16.7. The van der Waals surface area contributed by atoms with Crippen LogP contribution < -0.4 is 4.74 Å². The summed E-state index contributed by atoms with van der Waals surface area (Å²) >= 11 is 0. The highest BCUT2D eigenvalue weighted by molar-refractivity contribution is 5.51. The Kier molecular flexibility index (Phi) is 5.83. The average Bonchev–Trinajstić information content (AvgIpc) is 3.38. The number of benzene rings is 1. The topological polar surface area (TPSA) is 82.3 Å². The summed E-state index contributed by atoms with van der Waals surface area (Å²) in [7, 11) is 0. The smallest absolute Gasteiger partial charge is 0.189 e. The first-order chi connectivity index (χ1) is 13.7. The fraction of sp³-hybridized carbons (Fsp3) is 0.476. The lowest BCUT2D eigenvalue weighted by atomic mass is 10.2. The quantitative estimate of drug-likeness (QED) is 0.603. The molecule has 1 N–H and O–H groups in total. The zero-order valence-electron chi connectivity index (χ0n) is 16.1.